The van der Waals surface area contributed by atoms with Gasteiger partial charge in [-0.05, 0) is 6.92 Å². The highest BCUT2D eigenvalue weighted by atomic mass is 35.5. The van der Waals surface area contributed by atoms with Crippen molar-refractivity contribution in [3.05, 3.63) is 15.5 Å². The Morgan fingerprint density at radius 3 is 3.00 bits per heavy atom. The molecule has 0 aliphatic rings. The summed E-state index contributed by atoms with van der Waals surface area (Å²) in [5, 5.41) is 6.86. The van der Waals surface area contributed by atoms with E-state index in [1.165, 1.54) is 0 Å². The Hall–Kier alpha value is -1.14. The van der Waals surface area contributed by atoms with Crippen LogP contribution in [0.15, 0.2) is 0 Å². The van der Waals surface area contributed by atoms with Gasteiger partial charge in [0, 0.05) is 0 Å². The summed E-state index contributed by atoms with van der Waals surface area (Å²) in [6.45, 7) is 1.78. The second-order valence-corrected chi connectivity index (χ2v) is 3.31. The molecule has 68 valence electrons. The number of rotatable bonds is 0. The van der Waals surface area contributed by atoms with E-state index in [-0.39, 0.29) is 0 Å². The van der Waals surface area contributed by atoms with Crippen LogP contribution in [0.5, 0.6) is 0 Å². The Morgan fingerprint density at radius 2 is 2.31 bits per heavy atom. The number of fused-ring (bicyclic) bond motifs is 1. The highest BCUT2D eigenvalue weighted by molar-refractivity contribution is 7.71. The van der Waals surface area contributed by atoms with Crippen molar-refractivity contribution in [1.29, 1.82) is 0 Å². The molecule has 0 bridgehead atoms. The van der Waals surface area contributed by atoms with E-state index in [1.807, 2.05) is 0 Å². The van der Waals surface area contributed by atoms with Gasteiger partial charge in [0.15, 0.2) is 10.3 Å². The molecule has 0 spiro atoms. The van der Waals surface area contributed by atoms with Crippen molar-refractivity contribution in [2.45, 2.75) is 6.92 Å². The molecular formula is C6H6ClN5S. The number of H-pyrrole nitrogens is 1. The molecule has 0 aliphatic carbocycles. The van der Waals surface area contributed by atoms with E-state index in [2.05, 4.69) is 15.2 Å². The van der Waals surface area contributed by atoms with Crippen molar-refractivity contribution in [3.8, 4) is 0 Å². The fourth-order valence-electron chi connectivity index (χ4n) is 1.15. The number of aromatic nitrogens is 4. The number of halogens is 1. The van der Waals surface area contributed by atoms with Crippen LogP contribution in [0.1, 0.15) is 5.82 Å². The lowest BCUT2D eigenvalue weighted by Gasteiger charge is -2.00. The third kappa shape index (κ3) is 1.10. The van der Waals surface area contributed by atoms with Crippen LogP contribution in [0, 0.1) is 11.6 Å². The third-order valence-electron chi connectivity index (χ3n) is 1.71. The molecule has 0 aliphatic heterocycles. The number of nitrogens with two attached hydrogens (primary N) is 1. The summed E-state index contributed by atoms with van der Waals surface area (Å²) in [6, 6.07) is 0. The normalized spacial score (nSPS) is 10.9. The molecule has 2 rings (SSSR count). The average molecular weight is 216 g/mol. The molecule has 5 nitrogen and oxygen atoms in total. The van der Waals surface area contributed by atoms with Gasteiger partial charge in [0.25, 0.3) is 0 Å². The Kier molecular flexibility index (Phi) is 1.74. The Labute approximate surface area is 83.5 Å². The maximum absolute atomic E-state index is 5.90. The minimum absolute atomic E-state index is 0.317. The minimum atomic E-state index is 0.317. The van der Waals surface area contributed by atoms with Crippen LogP contribution in [0.2, 0.25) is 5.02 Å². The number of aromatic amines is 1. The zero-order chi connectivity index (χ0) is 9.59. The van der Waals surface area contributed by atoms with Crippen LogP contribution >= 0.6 is 23.8 Å². The van der Waals surface area contributed by atoms with Gasteiger partial charge in [0.2, 0.25) is 5.95 Å². The number of hydrogen-bond acceptors (Lipinski definition) is 4. The molecular weight excluding hydrogens is 210 g/mol. The lowest BCUT2D eigenvalue weighted by Crippen LogP contribution is -2.01. The summed E-state index contributed by atoms with van der Waals surface area (Å²) in [4.78, 5) is 4.04. The second kappa shape index (κ2) is 2.68. The first-order chi connectivity index (χ1) is 6.11. The maximum atomic E-state index is 5.90. The van der Waals surface area contributed by atoms with Gasteiger partial charge in [0.05, 0.1) is 0 Å². The molecule has 0 fully saturated rings. The van der Waals surface area contributed by atoms with E-state index >= 15 is 0 Å². The SMILES string of the molecule is Cc1nc(=S)c(Cl)c2[nH]nc(N)n12. The summed E-state index contributed by atoms with van der Waals surface area (Å²) >= 11 is 10.8. The Bertz CT molecular complexity index is 528. The topological polar surface area (TPSA) is 72.0 Å². The van der Waals surface area contributed by atoms with Crippen molar-refractivity contribution in [2.24, 2.45) is 0 Å². The summed E-state index contributed by atoms with van der Waals surface area (Å²) < 4.78 is 1.96. The summed E-state index contributed by atoms with van der Waals surface area (Å²) in [5.74, 6) is 0.979. The van der Waals surface area contributed by atoms with E-state index in [9.17, 15) is 0 Å². The Balaban J connectivity index is 3.08. The van der Waals surface area contributed by atoms with Crippen LogP contribution in [-0.2, 0) is 0 Å². The molecule has 7 heteroatoms. The number of nitrogens with one attached hydrogen (secondary N) is 1. The highest BCUT2D eigenvalue weighted by Gasteiger charge is 2.09. The van der Waals surface area contributed by atoms with E-state index in [0.29, 0.717) is 27.1 Å². The molecule has 2 aromatic heterocycles. The van der Waals surface area contributed by atoms with Gasteiger partial charge in [-0.3, -0.25) is 5.10 Å². The fourth-order valence-corrected chi connectivity index (χ4v) is 1.54. The van der Waals surface area contributed by atoms with Crippen LogP contribution in [0.25, 0.3) is 5.65 Å². The summed E-state index contributed by atoms with van der Waals surface area (Å²) in [5.41, 5.74) is 6.16. The van der Waals surface area contributed by atoms with Crippen molar-refractivity contribution in [2.75, 3.05) is 5.73 Å². The zero-order valence-electron chi connectivity index (χ0n) is 6.71. The first-order valence-electron chi connectivity index (χ1n) is 3.50. The van der Waals surface area contributed by atoms with Gasteiger partial charge < -0.3 is 5.73 Å². The van der Waals surface area contributed by atoms with E-state index < -0.39 is 0 Å². The van der Waals surface area contributed by atoms with E-state index in [1.54, 1.807) is 11.3 Å². The standard InChI is InChI=1S/C6H6ClN5S/c1-2-9-5(13)3(7)4-10-11-6(8)12(2)4/h10H,1H3,(H2,8,11). The smallest absolute Gasteiger partial charge is 0.225 e. The van der Waals surface area contributed by atoms with Gasteiger partial charge in [-0.1, -0.05) is 23.8 Å². The number of aryl methyl sites for hydroxylation is 1. The quantitative estimate of drug-likeness (QED) is 0.651. The number of hydrogen-bond donors (Lipinski definition) is 2. The van der Waals surface area contributed by atoms with Gasteiger partial charge in [-0.25, -0.2) is 9.38 Å². The highest BCUT2D eigenvalue weighted by Crippen LogP contribution is 2.18. The third-order valence-corrected chi connectivity index (χ3v) is 2.48. The van der Waals surface area contributed by atoms with E-state index in [4.69, 9.17) is 29.6 Å². The summed E-state index contributed by atoms with van der Waals surface area (Å²) in [7, 11) is 0. The second-order valence-electron chi connectivity index (χ2n) is 2.54. The monoisotopic (exact) mass is 215 g/mol. The minimum Gasteiger partial charge on any atom is -0.368 e. The molecule has 2 aromatic rings. The van der Waals surface area contributed by atoms with Gasteiger partial charge in [-0.15, -0.1) is 5.10 Å². The molecule has 2 heterocycles. The van der Waals surface area contributed by atoms with Crippen molar-refractivity contribution in [1.82, 2.24) is 19.6 Å². The van der Waals surface area contributed by atoms with Crippen LogP contribution < -0.4 is 5.73 Å². The fraction of sp³-hybridized carbons (Fsp3) is 0.167. The first kappa shape index (κ1) is 8.46. The molecule has 0 saturated carbocycles. The van der Waals surface area contributed by atoms with Gasteiger partial charge in [0.1, 0.15) is 10.8 Å². The summed E-state index contributed by atoms with van der Waals surface area (Å²) in [6.07, 6.45) is 0. The molecule has 13 heavy (non-hydrogen) atoms. The van der Waals surface area contributed by atoms with Gasteiger partial charge >= 0.3 is 0 Å². The largest absolute Gasteiger partial charge is 0.368 e. The number of nitrogen functional groups attached to an aromatic ring is 1. The van der Waals surface area contributed by atoms with Crippen molar-refractivity contribution >= 4 is 35.4 Å². The molecule has 0 amide bonds. The molecule has 0 aromatic carbocycles. The molecule has 0 radical (unpaired) electrons. The van der Waals surface area contributed by atoms with Crippen molar-refractivity contribution < 1.29 is 0 Å². The predicted octanol–water partition coefficient (Wildman–Crippen LogP) is 1.33. The molecule has 0 atom stereocenters. The van der Waals surface area contributed by atoms with Crippen LogP contribution in [0.3, 0.4) is 0 Å². The van der Waals surface area contributed by atoms with Crippen molar-refractivity contribution in [3.63, 3.8) is 0 Å². The lowest BCUT2D eigenvalue weighted by atomic mass is 10.5. The van der Waals surface area contributed by atoms with Crippen LogP contribution in [-0.4, -0.2) is 19.6 Å². The number of nitrogens with zero attached hydrogens (tertiary/aromatic N) is 3. The van der Waals surface area contributed by atoms with Crippen LogP contribution in [0.4, 0.5) is 5.95 Å². The molecule has 0 saturated heterocycles. The lowest BCUT2D eigenvalue weighted by molar-refractivity contribution is 0.984. The van der Waals surface area contributed by atoms with Gasteiger partial charge in [-0.2, -0.15) is 0 Å². The molecule has 3 N–H and O–H groups in total. The molecule has 0 unspecified atom stereocenters. The zero-order valence-corrected chi connectivity index (χ0v) is 8.28. The first-order valence-corrected chi connectivity index (χ1v) is 4.28. The predicted molar refractivity (Wildman–Crippen MR) is 52.3 cm³/mol. The maximum Gasteiger partial charge on any atom is 0.225 e. The Morgan fingerprint density at radius 1 is 1.62 bits per heavy atom. The average Bonchev–Trinajstić information content (AvgIpc) is 2.44. The number of anilines is 1. The van der Waals surface area contributed by atoms with E-state index in [0.717, 1.165) is 0 Å².